The molecule has 0 aliphatic heterocycles. The minimum atomic E-state index is -0.267. The first-order chi connectivity index (χ1) is 8.85. The fraction of sp³-hybridized carbons (Fsp3) is 0.286. The van der Waals surface area contributed by atoms with Crippen LogP contribution >= 0.6 is 0 Å². The van der Waals surface area contributed by atoms with Crippen molar-refractivity contribution in [3.05, 3.63) is 48.3 Å². The highest BCUT2D eigenvalue weighted by Gasteiger charge is 2.12. The van der Waals surface area contributed by atoms with Crippen molar-refractivity contribution in [1.29, 1.82) is 0 Å². The van der Waals surface area contributed by atoms with Crippen LogP contribution in [0.3, 0.4) is 0 Å². The molecular weight excluding hydrogens is 228 g/mol. The van der Waals surface area contributed by atoms with E-state index in [1.54, 1.807) is 26.6 Å². The van der Waals surface area contributed by atoms with Gasteiger partial charge in [-0.15, -0.1) is 0 Å². The Kier molecular flexibility index (Phi) is 4.39. The second-order valence-corrected chi connectivity index (χ2v) is 3.83. The molecule has 2 rings (SSSR count). The lowest BCUT2D eigenvalue weighted by Gasteiger charge is -2.15. The number of hydrogen-bond donors (Lipinski definition) is 0. The van der Waals surface area contributed by atoms with Gasteiger partial charge in [0.05, 0.1) is 11.4 Å². The lowest BCUT2D eigenvalue weighted by atomic mass is 10.1. The molecule has 0 unspecified atom stereocenters. The molecular formula is C14H16N2O2. The Morgan fingerprint density at radius 1 is 1.00 bits per heavy atom. The lowest BCUT2D eigenvalue weighted by Crippen LogP contribution is -2.16. The van der Waals surface area contributed by atoms with Crippen molar-refractivity contribution < 1.29 is 9.47 Å². The number of ether oxygens (including phenoxy) is 2. The van der Waals surface area contributed by atoms with E-state index in [1.807, 2.05) is 30.3 Å². The quantitative estimate of drug-likeness (QED) is 0.757. The molecule has 94 valence electrons. The normalized spacial score (nSPS) is 10.8. The maximum absolute atomic E-state index is 5.22. The fourth-order valence-corrected chi connectivity index (χ4v) is 1.78. The Morgan fingerprint density at radius 2 is 1.78 bits per heavy atom. The highest BCUT2D eigenvalue weighted by molar-refractivity contribution is 5.58. The van der Waals surface area contributed by atoms with Crippen molar-refractivity contribution in [1.82, 2.24) is 9.97 Å². The molecule has 18 heavy (non-hydrogen) atoms. The molecule has 2 heterocycles. The molecule has 0 fully saturated rings. The summed E-state index contributed by atoms with van der Waals surface area (Å²) in [5.41, 5.74) is 2.79. The Hall–Kier alpha value is -1.78. The molecule has 0 amide bonds. The maximum atomic E-state index is 5.22. The first kappa shape index (κ1) is 12.7. The predicted octanol–water partition coefficient (Wildman–Crippen LogP) is 2.31. The molecule has 0 aliphatic rings. The van der Waals surface area contributed by atoms with Gasteiger partial charge in [0.15, 0.2) is 6.29 Å². The zero-order valence-electron chi connectivity index (χ0n) is 10.5. The third-order valence-electron chi connectivity index (χ3n) is 2.71. The van der Waals surface area contributed by atoms with Gasteiger partial charge in [-0.3, -0.25) is 9.97 Å². The largest absolute Gasteiger partial charge is 0.356 e. The van der Waals surface area contributed by atoms with Gasteiger partial charge in [-0.1, -0.05) is 12.1 Å². The smallest absolute Gasteiger partial charge is 0.160 e. The van der Waals surface area contributed by atoms with Gasteiger partial charge in [-0.05, 0) is 23.8 Å². The Labute approximate surface area is 107 Å². The summed E-state index contributed by atoms with van der Waals surface area (Å²) in [4.78, 5) is 8.72. The van der Waals surface area contributed by atoms with Crippen molar-refractivity contribution in [3.63, 3.8) is 0 Å². The molecule has 0 aromatic carbocycles. The predicted molar refractivity (Wildman–Crippen MR) is 69.0 cm³/mol. The zero-order valence-corrected chi connectivity index (χ0v) is 10.5. The van der Waals surface area contributed by atoms with Crippen LogP contribution in [-0.2, 0) is 15.9 Å². The van der Waals surface area contributed by atoms with Gasteiger partial charge in [0.2, 0.25) is 0 Å². The summed E-state index contributed by atoms with van der Waals surface area (Å²) in [6.07, 6.45) is 3.91. The van der Waals surface area contributed by atoms with Gasteiger partial charge >= 0.3 is 0 Å². The minimum Gasteiger partial charge on any atom is -0.356 e. The Morgan fingerprint density at radius 3 is 2.44 bits per heavy atom. The standard InChI is InChI=1S/C14H16N2O2/c1-17-13(18-2)10-11-6-5-9-16-14(11)12-7-3-4-8-15-12/h3-9,13H,10H2,1-2H3. The van der Waals surface area contributed by atoms with Gasteiger partial charge in [0, 0.05) is 33.0 Å². The van der Waals surface area contributed by atoms with Crippen molar-refractivity contribution in [2.45, 2.75) is 12.7 Å². The number of pyridine rings is 2. The van der Waals surface area contributed by atoms with Gasteiger partial charge in [0.25, 0.3) is 0 Å². The molecule has 0 atom stereocenters. The van der Waals surface area contributed by atoms with Crippen LogP contribution in [0.25, 0.3) is 11.4 Å². The third-order valence-corrected chi connectivity index (χ3v) is 2.71. The van der Waals surface area contributed by atoms with Gasteiger partial charge in [-0.2, -0.15) is 0 Å². The van der Waals surface area contributed by atoms with E-state index in [4.69, 9.17) is 9.47 Å². The molecule has 0 saturated carbocycles. The lowest BCUT2D eigenvalue weighted by molar-refractivity contribution is -0.100. The van der Waals surface area contributed by atoms with Crippen LogP contribution in [0.5, 0.6) is 0 Å². The second kappa shape index (κ2) is 6.23. The first-order valence-electron chi connectivity index (χ1n) is 5.76. The van der Waals surface area contributed by atoms with Gasteiger partial charge < -0.3 is 9.47 Å². The molecule has 0 N–H and O–H groups in total. The summed E-state index contributed by atoms with van der Waals surface area (Å²) in [7, 11) is 3.26. The number of methoxy groups -OCH3 is 2. The fourth-order valence-electron chi connectivity index (χ4n) is 1.78. The molecule has 2 aromatic rings. The summed E-state index contributed by atoms with van der Waals surface area (Å²) in [6.45, 7) is 0. The van der Waals surface area contributed by atoms with E-state index >= 15 is 0 Å². The summed E-state index contributed by atoms with van der Waals surface area (Å²) in [5, 5.41) is 0. The van der Waals surface area contributed by atoms with Crippen LogP contribution in [-0.4, -0.2) is 30.5 Å². The summed E-state index contributed by atoms with van der Waals surface area (Å²) < 4.78 is 10.4. The van der Waals surface area contributed by atoms with Crippen LogP contribution in [0.1, 0.15) is 5.56 Å². The van der Waals surface area contributed by atoms with Crippen LogP contribution < -0.4 is 0 Å². The molecule has 4 nitrogen and oxygen atoms in total. The summed E-state index contributed by atoms with van der Waals surface area (Å²) >= 11 is 0. The highest BCUT2D eigenvalue weighted by atomic mass is 16.7. The first-order valence-corrected chi connectivity index (χ1v) is 5.76. The van der Waals surface area contributed by atoms with E-state index < -0.39 is 0 Å². The third kappa shape index (κ3) is 2.91. The Bertz CT molecular complexity index is 484. The van der Waals surface area contributed by atoms with Crippen LogP contribution in [0.4, 0.5) is 0 Å². The van der Waals surface area contributed by atoms with E-state index in [-0.39, 0.29) is 6.29 Å². The van der Waals surface area contributed by atoms with Crippen molar-refractivity contribution in [3.8, 4) is 11.4 Å². The van der Waals surface area contributed by atoms with E-state index in [0.717, 1.165) is 17.0 Å². The monoisotopic (exact) mass is 244 g/mol. The SMILES string of the molecule is COC(Cc1cccnc1-c1ccccn1)OC. The molecule has 0 aliphatic carbocycles. The molecule has 0 radical (unpaired) electrons. The molecule has 0 spiro atoms. The maximum Gasteiger partial charge on any atom is 0.160 e. The van der Waals surface area contributed by atoms with E-state index in [0.29, 0.717) is 6.42 Å². The van der Waals surface area contributed by atoms with Gasteiger partial charge in [-0.25, -0.2) is 0 Å². The second-order valence-electron chi connectivity index (χ2n) is 3.83. The van der Waals surface area contributed by atoms with Crippen LogP contribution in [0.15, 0.2) is 42.7 Å². The van der Waals surface area contributed by atoms with Gasteiger partial charge in [0.1, 0.15) is 0 Å². The van der Waals surface area contributed by atoms with E-state index in [1.165, 1.54) is 0 Å². The number of nitrogens with zero attached hydrogens (tertiary/aromatic N) is 2. The highest BCUT2D eigenvalue weighted by Crippen LogP contribution is 2.20. The zero-order chi connectivity index (χ0) is 12.8. The molecule has 0 saturated heterocycles. The number of aromatic nitrogens is 2. The van der Waals surface area contributed by atoms with Crippen molar-refractivity contribution in [2.24, 2.45) is 0 Å². The molecule has 0 bridgehead atoms. The average Bonchev–Trinajstić information content (AvgIpc) is 2.46. The van der Waals surface area contributed by atoms with Crippen molar-refractivity contribution in [2.75, 3.05) is 14.2 Å². The molecule has 4 heteroatoms. The molecule has 2 aromatic heterocycles. The topological polar surface area (TPSA) is 44.2 Å². The summed E-state index contributed by atoms with van der Waals surface area (Å²) in [6, 6.07) is 9.71. The van der Waals surface area contributed by atoms with Crippen molar-refractivity contribution >= 4 is 0 Å². The van der Waals surface area contributed by atoms with Crippen LogP contribution in [0.2, 0.25) is 0 Å². The van der Waals surface area contributed by atoms with Crippen LogP contribution in [0, 0.1) is 0 Å². The number of hydrogen-bond acceptors (Lipinski definition) is 4. The average molecular weight is 244 g/mol. The van der Waals surface area contributed by atoms with E-state index in [9.17, 15) is 0 Å². The number of rotatable bonds is 5. The summed E-state index contributed by atoms with van der Waals surface area (Å²) in [5.74, 6) is 0. The Balaban J connectivity index is 2.31. The minimum absolute atomic E-state index is 0.267. The van der Waals surface area contributed by atoms with E-state index in [2.05, 4.69) is 9.97 Å².